The molecule has 0 aliphatic heterocycles. The molecule has 3 N–H and O–H groups in total. The van der Waals surface area contributed by atoms with E-state index in [9.17, 15) is 20.1 Å². The Morgan fingerprint density at radius 3 is 2.31 bits per heavy atom. The minimum atomic E-state index is -1.68. The molecule has 0 aromatic carbocycles. The summed E-state index contributed by atoms with van der Waals surface area (Å²) in [5.74, 6) is 2.01. The molecule has 0 heterocycles. The van der Waals surface area contributed by atoms with Crippen LogP contribution in [0.2, 0.25) is 0 Å². The van der Waals surface area contributed by atoms with Gasteiger partial charge >= 0.3 is 0 Å². The van der Waals surface area contributed by atoms with Gasteiger partial charge in [-0.25, -0.2) is 0 Å². The van der Waals surface area contributed by atoms with E-state index < -0.39 is 22.7 Å². The van der Waals surface area contributed by atoms with Gasteiger partial charge in [0.25, 0.3) is 0 Å². The van der Waals surface area contributed by atoms with Gasteiger partial charge in [0.1, 0.15) is 5.60 Å². The lowest BCUT2D eigenvalue weighted by Gasteiger charge is -2.63. The van der Waals surface area contributed by atoms with Crippen LogP contribution in [0.1, 0.15) is 86.5 Å². The molecule has 9 atom stereocenters. The van der Waals surface area contributed by atoms with Crippen molar-refractivity contribution in [3.05, 3.63) is 23.8 Å². The van der Waals surface area contributed by atoms with Gasteiger partial charge in [-0.3, -0.25) is 4.79 Å². The van der Waals surface area contributed by atoms with Crippen LogP contribution in [0.4, 0.5) is 0 Å². The standard InChI is InChI=1S/C28H44O4/c1-17(2)18(3)7-8-19(4)21-9-10-22-23-15-24(30)28(32)16-20(29)11-12-26(28,6)27(23,31)14-13-25(21,22)5/h7-8,15,17-22,29,31-32H,9-14,16H2,1-6H3/t18-,19+,20-,21+,22-,25+,26+,27+,28-/m0/s1. The molecule has 32 heavy (non-hydrogen) atoms. The molecule has 4 rings (SSSR count). The summed E-state index contributed by atoms with van der Waals surface area (Å²) in [5, 5.41) is 33.9. The summed E-state index contributed by atoms with van der Waals surface area (Å²) in [6, 6.07) is 0. The Hall–Kier alpha value is -0.970. The van der Waals surface area contributed by atoms with E-state index in [2.05, 4.69) is 46.8 Å². The number of ketones is 1. The minimum Gasteiger partial charge on any atom is -0.393 e. The predicted molar refractivity (Wildman–Crippen MR) is 127 cm³/mol. The molecule has 0 saturated heterocycles. The third kappa shape index (κ3) is 3.15. The van der Waals surface area contributed by atoms with E-state index in [4.69, 9.17) is 0 Å². The first kappa shape index (κ1) is 24.2. The summed E-state index contributed by atoms with van der Waals surface area (Å²) in [7, 11) is 0. The Balaban J connectivity index is 1.67. The van der Waals surface area contributed by atoms with E-state index in [1.54, 1.807) is 6.08 Å². The number of fused-ring (bicyclic) bond motifs is 5. The Kier molecular flexibility index (Phi) is 5.88. The highest BCUT2D eigenvalue weighted by Gasteiger charge is 2.71. The number of allylic oxidation sites excluding steroid dienone is 2. The van der Waals surface area contributed by atoms with Gasteiger partial charge in [-0.1, -0.05) is 53.7 Å². The number of carbonyl (C=O) groups is 1. The van der Waals surface area contributed by atoms with Crippen LogP contribution in [0.3, 0.4) is 0 Å². The first-order valence-electron chi connectivity index (χ1n) is 12.9. The smallest absolute Gasteiger partial charge is 0.188 e. The van der Waals surface area contributed by atoms with Crippen molar-refractivity contribution >= 4 is 5.78 Å². The van der Waals surface area contributed by atoms with E-state index in [-0.39, 0.29) is 23.5 Å². The van der Waals surface area contributed by atoms with Crippen molar-refractivity contribution < 1.29 is 20.1 Å². The summed E-state index contributed by atoms with van der Waals surface area (Å²) < 4.78 is 0. The second-order valence-corrected chi connectivity index (χ2v) is 12.5. The van der Waals surface area contributed by atoms with E-state index in [1.807, 2.05) is 6.92 Å². The van der Waals surface area contributed by atoms with E-state index >= 15 is 0 Å². The highest BCUT2D eigenvalue weighted by atomic mass is 16.3. The van der Waals surface area contributed by atoms with Gasteiger partial charge in [0, 0.05) is 11.8 Å². The van der Waals surface area contributed by atoms with Crippen LogP contribution in [0.15, 0.2) is 23.8 Å². The molecule has 0 spiro atoms. The van der Waals surface area contributed by atoms with Gasteiger partial charge in [0.2, 0.25) is 0 Å². The van der Waals surface area contributed by atoms with Crippen molar-refractivity contribution in [3.8, 4) is 0 Å². The molecular formula is C28H44O4. The number of hydrogen-bond donors (Lipinski definition) is 3. The lowest BCUT2D eigenvalue weighted by Crippen LogP contribution is -2.71. The summed E-state index contributed by atoms with van der Waals surface area (Å²) in [4.78, 5) is 13.3. The van der Waals surface area contributed by atoms with Crippen molar-refractivity contribution in [2.75, 3.05) is 0 Å². The van der Waals surface area contributed by atoms with Crippen molar-refractivity contribution in [1.82, 2.24) is 0 Å². The molecule has 0 radical (unpaired) electrons. The van der Waals surface area contributed by atoms with E-state index in [1.165, 1.54) is 0 Å². The van der Waals surface area contributed by atoms with Crippen LogP contribution in [-0.2, 0) is 4.79 Å². The maximum absolute atomic E-state index is 13.3. The van der Waals surface area contributed by atoms with Crippen molar-refractivity contribution in [2.24, 2.45) is 40.4 Å². The van der Waals surface area contributed by atoms with Gasteiger partial charge in [-0.15, -0.1) is 0 Å². The molecule has 0 amide bonds. The van der Waals surface area contributed by atoms with Crippen LogP contribution in [-0.4, -0.2) is 38.4 Å². The Morgan fingerprint density at radius 1 is 0.969 bits per heavy atom. The maximum Gasteiger partial charge on any atom is 0.188 e. The summed E-state index contributed by atoms with van der Waals surface area (Å²) in [6.07, 6.45) is 10.2. The molecule has 180 valence electrons. The molecule has 0 unspecified atom stereocenters. The molecule has 3 fully saturated rings. The van der Waals surface area contributed by atoms with Crippen molar-refractivity contribution in [1.29, 1.82) is 0 Å². The van der Waals surface area contributed by atoms with Crippen LogP contribution in [0.5, 0.6) is 0 Å². The zero-order valence-electron chi connectivity index (χ0n) is 20.9. The average molecular weight is 445 g/mol. The van der Waals surface area contributed by atoms with Crippen LogP contribution in [0.25, 0.3) is 0 Å². The minimum absolute atomic E-state index is 0.0227. The molecule has 0 aromatic rings. The van der Waals surface area contributed by atoms with Gasteiger partial charge in [0.15, 0.2) is 5.78 Å². The van der Waals surface area contributed by atoms with Gasteiger partial charge in [-0.2, -0.15) is 0 Å². The topological polar surface area (TPSA) is 77.8 Å². The molecule has 3 saturated carbocycles. The molecule has 0 bridgehead atoms. The molecule has 4 aliphatic carbocycles. The highest BCUT2D eigenvalue weighted by Crippen LogP contribution is 2.68. The summed E-state index contributed by atoms with van der Waals surface area (Å²) in [5.41, 5.74) is -2.90. The second-order valence-electron chi connectivity index (χ2n) is 12.5. The molecular weight excluding hydrogens is 400 g/mol. The van der Waals surface area contributed by atoms with Gasteiger partial charge in [-0.05, 0) is 85.2 Å². The third-order valence-electron chi connectivity index (χ3n) is 10.7. The van der Waals surface area contributed by atoms with Crippen LogP contribution < -0.4 is 0 Å². The maximum atomic E-state index is 13.3. The van der Waals surface area contributed by atoms with Crippen LogP contribution in [0, 0.1) is 40.4 Å². The Bertz CT molecular complexity index is 829. The fourth-order valence-electron chi connectivity index (χ4n) is 7.91. The first-order chi connectivity index (χ1) is 14.8. The van der Waals surface area contributed by atoms with E-state index in [0.717, 1.165) is 24.8 Å². The van der Waals surface area contributed by atoms with E-state index in [0.29, 0.717) is 42.9 Å². The SMILES string of the molecule is CC(C)[C@@H](C)C=C[C@@H](C)[C@H]1CC[C@H]2C3=CC(=O)[C@@]4(O)C[C@@H](O)CC[C@]4(C)[C@@]3(O)CC[C@]12C. The monoisotopic (exact) mass is 444 g/mol. The van der Waals surface area contributed by atoms with Crippen molar-refractivity contribution in [3.63, 3.8) is 0 Å². The summed E-state index contributed by atoms with van der Waals surface area (Å²) >= 11 is 0. The fraction of sp³-hybridized carbons (Fsp3) is 0.821. The molecule has 0 aromatic heterocycles. The number of carbonyl (C=O) groups excluding carboxylic acids is 1. The molecule has 4 aliphatic rings. The molecule has 4 heteroatoms. The second kappa shape index (κ2) is 7.78. The fourth-order valence-corrected chi connectivity index (χ4v) is 7.91. The lowest BCUT2D eigenvalue weighted by atomic mass is 9.43. The number of aliphatic hydroxyl groups excluding tert-OH is 1. The number of aliphatic hydroxyl groups is 3. The number of rotatable bonds is 4. The highest BCUT2D eigenvalue weighted by molar-refractivity contribution is 6.00. The summed E-state index contributed by atoms with van der Waals surface area (Å²) in [6.45, 7) is 13.4. The van der Waals surface area contributed by atoms with Gasteiger partial charge < -0.3 is 15.3 Å². The Labute approximate surface area is 194 Å². The normalized spacial score (nSPS) is 48.2. The lowest BCUT2D eigenvalue weighted by molar-refractivity contribution is -0.223. The largest absolute Gasteiger partial charge is 0.393 e. The quantitative estimate of drug-likeness (QED) is 0.543. The Morgan fingerprint density at radius 2 is 1.66 bits per heavy atom. The van der Waals surface area contributed by atoms with Gasteiger partial charge in [0.05, 0.1) is 11.7 Å². The average Bonchev–Trinajstić information content (AvgIpc) is 3.07. The third-order valence-corrected chi connectivity index (χ3v) is 10.7. The zero-order chi connectivity index (χ0) is 23.7. The van der Waals surface area contributed by atoms with Crippen molar-refractivity contribution in [2.45, 2.75) is 104 Å². The predicted octanol–water partition coefficient (Wildman–Crippen LogP) is 4.82. The zero-order valence-corrected chi connectivity index (χ0v) is 20.9. The first-order valence-corrected chi connectivity index (χ1v) is 12.9. The number of hydrogen-bond acceptors (Lipinski definition) is 4. The molecule has 4 nitrogen and oxygen atoms in total. The van der Waals surface area contributed by atoms with Crippen LogP contribution >= 0.6 is 0 Å².